The van der Waals surface area contributed by atoms with E-state index in [4.69, 9.17) is 37.4 Å². The van der Waals surface area contributed by atoms with Crippen molar-refractivity contribution < 1.29 is 23.8 Å². The molecule has 0 aliphatic heterocycles. The lowest BCUT2D eigenvalue weighted by atomic mass is 9.97. The lowest BCUT2D eigenvalue weighted by Gasteiger charge is -2.21. The van der Waals surface area contributed by atoms with Crippen LogP contribution in [0, 0.1) is 0 Å². The van der Waals surface area contributed by atoms with Crippen LogP contribution >= 0.6 is 23.2 Å². The molecule has 1 unspecified atom stereocenters. The van der Waals surface area contributed by atoms with Crippen molar-refractivity contribution in [1.29, 1.82) is 0 Å². The smallest absolute Gasteiger partial charge is 0.345 e. The van der Waals surface area contributed by atoms with Crippen molar-refractivity contribution in [3.05, 3.63) is 52.0 Å². The first-order chi connectivity index (χ1) is 13.3. The Labute approximate surface area is 176 Å². The van der Waals surface area contributed by atoms with Crippen LogP contribution in [-0.4, -0.2) is 31.8 Å². The van der Waals surface area contributed by atoms with Gasteiger partial charge < -0.3 is 14.2 Å². The Balaban J connectivity index is 2.83. The molecule has 0 saturated carbocycles. The first-order valence-electron chi connectivity index (χ1n) is 8.99. The van der Waals surface area contributed by atoms with E-state index in [-0.39, 0.29) is 6.61 Å². The molecule has 0 aliphatic carbocycles. The number of unbranched alkanes of at least 4 members (excludes halogenated alkanes) is 2. The molecule has 7 heteroatoms. The summed E-state index contributed by atoms with van der Waals surface area (Å²) in [5.41, 5.74) is 1.25. The quantitative estimate of drug-likeness (QED) is 0.200. The molecular weight excluding hydrogens is 403 g/mol. The van der Waals surface area contributed by atoms with Gasteiger partial charge in [-0.15, -0.1) is 0 Å². The molecule has 0 N–H and O–H groups in total. The predicted molar refractivity (Wildman–Crippen MR) is 111 cm³/mol. The summed E-state index contributed by atoms with van der Waals surface area (Å²) in [5.74, 6) is -0.786. The van der Waals surface area contributed by atoms with Crippen LogP contribution < -0.4 is 4.74 Å². The van der Waals surface area contributed by atoms with Crippen molar-refractivity contribution in [1.82, 2.24) is 0 Å². The zero-order valence-electron chi connectivity index (χ0n) is 16.4. The molecule has 1 aromatic rings. The van der Waals surface area contributed by atoms with E-state index in [2.05, 4.69) is 13.5 Å². The van der Waals surface area contributed by atoms with E-state index in [0.717, 1.165) is 19.3 Å². The SMILES string of the molecule is C=C(C)C(OC(=O)COc1ccc(Cl)cc1Cl)C(=CC(=O)OC)CCCCC. The average molecular weight is 429 g/mol. The molecule has 0 fully saturated rings. The molecule has 0 radical (unpaired) electrons. The predicted octanol–water partition coefficient (Wildman–Crippen LogP) is 5.54. The second-order valence-corrected chi connectivity index (χ2v) is 7.12. The molecule has 1 rings (SSSR count). The van der Waals surface area contributed by atoms with Crippen molar-refractivity contribution in [2.45, 2.75) is 45.6 Å². The van der Waals surface area contributed by atoms with Gasteiger partial charge in [0.1, 0.15) is 11.9 Å². The minimum atomic E-state index is -0.729. The van der Waals surface area contributed by atoms with E-state index in [1.54, 1.807) is 19.1 Å². The molecule has 28 heavy (non-hydrogen) atoms. The second-order valence-electron chi connectivity index (χ2n) is 6.28. The largest absolute Gasteiger partial charge is 0.480 e. The van der Waals surface area contributed by atoms with Crippen molar-refractivity contribution in [3.63, 3.8) is 0 Å². The summed E-state index contributed by atoms with van der Waals surface area (Å²) in [6.07, 6.45) is 4.11. The van der Waals surface area contributed by atoms with E-state index >= 15 is 0 Å². The number of hydrogen-bond donors (Lipinski definition) is 0. The molecule has 0 amide bonds. The highest BCUT2D eigenvalue weighted by Gasteiger charge is 2.22. The molecule has 0 spiro atoms. The Morgan fingerprint density at radius 1 is 1.25 bits per heavy atom. The number of benzene rings is 1. The summed E-state index contributed by atoms with van der Waals surface area (Å²) in [7, 11) is 1.30. The number of rotatable bonds is 11. The van der Waals surface area contributed by atoms with Gasteiger partial charge in [-0.1, -0.05) is 49.5 Å². The van der Waals surface area contributed by atoms with Crippen LogP contribution in [0.25, 0.3) is 0 Å². The number of esters is 2. The van der Waals surface area contributed by atoms with E-state index in [1.807, 2.05) is 0 Å². The van der Waals surface area contributed by atoms with Crippen LogP contribution in [0.3, 0.4) is 0 Å². The third-order valence-electron chi connectivity index (χ3n) is 3.85. The van der Waals surface area contributed by atoms with Crippen molar-refractivity contribution in [2.75, 3.05) is 13.7 Å². The molecule has 0 aromatic heterocycles. The summed E-state index contributed by atoms with van der Waals surface area (Å²) in [6.45, 7) is 7.36. The maximum Gasteiger partial charge on any atom is 0.345 e. The molecular formula is C21H26Cl2O5. The summed E-state index contributed by atoms with van der Waals surface area (Å²) < 4.78 is 15.7. The monoisotopic (exact) mass is 428 g/mol. The van der Waals surface area contributed by atoms with Crippen molar-refractivity contribution in [3.8, 4) is 5.75 Å². The van der Waals surface area contributed by atoms with Gasteiger partial charge in [-0.05, 0) is 49.1 Å². The minimum absolute atomic E-state index is 0.294. The summed E-state index contributed by atoms with van der Waals surface area (Å²) in [6, 6.07) is 4.70. The van der Waals surface area contributed by atoms with E-state index in [1.165, 1.54) is 19.3 Å². The molecule has 154 valence electrons. The van der Waals surface area contributed by atoms with Crippen LogP contribution in [0.5, 0.6) is 5.75 Å². The van der Waals surface area contributed by atoms with Crippen LogP contribution in [0.15, 0.2) is 42.0 Å². The third kappa shape index (κ3) is 8.36. The first-order valence-corrected chi connectivity index (χ1v) is 9.75. The highest BCUT2D eigenvalue weighted by atomic mass is 35.5. The van der Waals surface area contributed by atoms with Crippen molar-refractivity contribution >= 4 is 35.1 Å². The molecule has 0 bridgehead atoms. The van der Waals surface area contributed by atoms with E-state index < -0.39 is 18.0 Å². The van der Waals surface area contributed by atoms with Gasteiger partial charge in [0.05, 0.1) is 12.1 Å². The van der Waals surface area contributed by atoms with E-state index in [0.29, 0.717) is 33.4 Å². The lowest BCUT2D eigenvalue weighted by Crippen LogP contribution is -2.26. The zero-order valence-corrected chi connectivity index (χ0v) is 17.9. The highest BCUT2D eigenvalue weighted by Crippen LogP contribution is 2.27. The van der Waals surface area contributed by atoms with Crippen LogP contribution in [-0.2, 0) is 19.1 Å². The first kappa shape index (κ1) is 24.1. The Morgan fingerprint density at radius 3 is 2.54 bits per heavy atom. The van der Waals surface area contributed by atoms with Gasteiger partial charge in [-0.25, -0.2) is 9.59 Å². The number of ether oxygens (including phenoxy) is 3. The molecule has 1 atom stereocenters. The Hall–Kier alpha value is -1.98. The normalized spacial score (nSPS) is 12.2. The second kappa shape index (κ2) is 12.5. The van der Waals surface area contributed by atoms with Crippen LogP contribution in [0.2, 0.25) is 10.0 Å². The molecule has 0 saturated heterocycles. The van der Waals surface area contributed by atoms with Gasteiger partial charge in [-0.2, -0.15) is 0 Å². The maximum absolute atomic E-state index is 12.3. The van der Waals surface area contributed by atoms with Gasteiger partial charge in [0.25, 0.3) is 0 Å². The minimum Gasteiger partial charge on any atom is -0.480 e. The number of carbonyl (C=O) groups excluding carboxylic acids is 2. The summed E-state index contributed by atoms with van der Waals surface area (Å²) in [5, 5.41) is 0.759. The Kier molecular flexibility index (Phi) is 10.7. The maximum atomic E-state index is 12.3. The molecule has 1 aromatic carbocycles. The fourth-order valence-corrected chi connectivity index (χ4v) is 2.92. The molecule has 5 nitrogen and oxygen atoms in total. The topological polar surface area (TPSA) is 61.8 Å². The fourth-order valence-electron chi connectivity index (χ4n) is 2.46. The van der Waals surface area contributed by atoms with Gasteiger partial charge in [0.2, 0.25) is 0 Å². The van der Waals surface area contributed by atoms with Gasteiger partial charge in [0, 0.05) is 11.1 Å². The van der Waals surface area contributed by atoms with Gasteiger partial charge in [-0.3, -0.25) is 0 Å². The van der Waals surface area contributed by atoms with Crippen LogP contribution in [0.4, 0.5) is 0 Å². The number of hydrogen-bond acceptors (Lipinski definition) is 5. The summed E-state index contributed by atoms with van der Waals surface area (Å²) in [4.78, 5) is 24.0. The Morgan fingerprint density at radius 2 is 1.96 bits per heavy atom. The third-order valence-corrected chi connectivity index (χ3v) is 4.38. The van der Waals surface area contributed by atoms with Crippen molar-refractivity contribution in [2.24, 2.45) is 0 Å². The summed E-state index contributed by atoms with van der Waals surface area (Å²) >= 11 is 11.9. The Bertz CT molecular complexity index is 728. The number of halogens is 2. The van der Waals surface area contributed by atoms with E-state index in [9.17, 15) is 9.59 Å². The standard InChI is InChI=1S/C21H26Cl2O5/c1-5-6-7-8-15(11-19(24)26-4)21(14(2)3)28-20(25)13-27-18-10-9-16(22)12-17(18)23/h9-12,21H,2,5-8,13H2,1,3-4H3. The number of methoxy groups -OCH3 is 1. The zero-order chi connectivity index (χ0) is 21.1. The lowest BCUT2D eigenvalue weighted by molar-refractivity contribution is -0.148. The van der Waals surface area contributed by atoms with Gasteiger partial charge in [0.15, 0.2) is 6.61 Å². The average Bonchev–Trinajstić information content (AvgIpc) is 2.64. The molecule has 0 heterocycles. The highest BCUT2D eigenvalue weighted by molar-refractivity contribution is 6.35. The van der Waals surface area contributed by atoms with Crippen LogP contribution in [0.1, 0.15) is 39.5 Å². The van der Waals surface area contributed by atoms with Gasteiger partial charge >= 0.3 is 11.9 Å². The molecule has 0 aliphatic rings. The fraction of sp³-hybridized carbons (Fsp3) is 0.429. The number of carbonyl (C=O) groups is 2.